The van der Waals surface area contributed by atoms with E-state index in [0.717, 1.165) is 5.56 Å². The molecule has 0 bridgehead atoms. The van der Waals surface area contributed by atoms with E-state index in [-0.39, 0.29) is 17.4 Å². The molecule has 1 fully saturated rings. The van der Waals surface area contributed by atoms with Gasteiger partial charge in [-0.3, -0.25) is 4.68 Å². The van der Waals surface area contributed by atoms with Crippen LogP contribution in [0.15, 0.2) is 36.8 Å². The summed E-state index contributed by atoms with van der Waals surface area (Å²) in [5.74, 6) is -0.861. The molecule has 0 unspecified atom stereocenters. The number of hydrogen-bond acceptors (Lipinski definition) is 3. The standard InChI is InChI=1S/C18H12ClF4N5/c19-14-6-13(17-24-3-4-27(17)26-14)12-5-11(12)10-2-1-9-7-25-28(8-18(21,22)23)16(9)15(10)20/h1-4,6-7,11-12H,5,8H2/t11-,12+/m1/s1. The first-order valence-corrected chi connectivity index (χ1v) is 8.90. The Hall–Kier alpha value is -2.68. The molecular weight excluding hydrogens is 398 g/mol. The molecule has 0 radical (unpaired) electrons. The van der Waals surface area contributed by atoms with Gasteiger partial charge < -0.3 is 0 Å². The Labute approximate surface area is 160 Å². The molecule has 2 atom stereocenters. The van der Waals surface area contributed by atoms with E-state index in [4.69, 9.17) is 11.6 Å². The maximum absolute atomic E-state index is 15.2. The summed E-state index contributed by atoms with van der Waals surface area (Å²) in [5, 5.41) is 8.47. The number of nitrogens with zero attached hydrogens (tertiary/aromatic N) is 5. The zero-order valence-corrected chi connectivity index (χ0v) is 14.9. The van der Waals surface area contributed by atoms with E-state index in [1.807, 2.05) is 0 Å². The van der Waals surface area contributed by atoms with Gasteiger partial charge in [0.2, 0.25) is 0 Å². The highest BCUT2D eigenvalue weighted by Crippen LogP contribution is 2.56. The highest BCUT2D eigenvalue weighted by molar-refractivity contribution is 6.29. The average molecular weight is 410 g/mol. The van der Waals surface area contributed by atoms with Crippen LogP contribution in [0.1, 0.15) is 29.4 Å². The summed E-state index contributed by atoms with van der Waals surface area (Å²) in [6.45, 7) is -1.33. The monoisotopic (exact) mass is 409 g/mol. The van der Waals surface area contributed by atoms with Gasteiger partial charge >= 0.3 is 6.18 Å². The fraction of sp³-hybridized carbons (Fsp3) is 0.278. The van der Waals surface area contributed by atoms with Crippen molar-refractivity contribution in [1.29, 1.82) is 0 Å². The fourth-order valence-electron chi connectivity index (χ4n) is 3.79. The van der Waals surface area contributed by atoms with Gasteiger partial charge in [-0.1, -0.05) is 23.7 Å². The average Bonchev–Trinajstić information content (AvgIpc) is 3.05. The van der Waals surface area contributed by atoms with Gasteiger partial charge in [-0.15, -0.1) is 0 Å². The lowest BCUT2D eigenvalue weighted by molar-refractivity contribution is -0.141. The van der Waals surface area contributed by atoms with Crippen molar-refractivity contribution in [3.63, 3.8) is 0 Å². The van der Waals surface area contributed by atoms with E-state index in [0.29, 0.717) is 32.9 Å². The molecule has 3 aromatic heterocycles. The van der Waals surface area contributed by atoms with Gasteiger partial charge in [-0.05, 0) is 29.9 Å². The number of imidazole rings is 1. The maximum Gasteiger partial charge on any atom is 0.408 e. The largest absolute Gasteiger partial charge is 0.408 e. The summed E-state index contributed by atoms with van der Waals surface area (Å²) in [5.41, 5.74) is 1.73. The summed E-state index contributed by atoms with van der Waals surface area (Å²) in [7, 11) is 0. The van der Waals surface area contributed by atoms with Gasteiger partial charge in [0, 0.05) is 23.3 Å². The Morgan fingerprint density at radius 3 is 2.75 bits per heavy atom. The second-order valence-electron chi connectivity index (χ2n) is 6.89. The minimum Gasteiger partial charge on any atom is -0.253 e. The summed E-state index contributed by atoms with van der Waals surface area (Å²) >= 11 is 6.07. The molecule has 0 saturated heterocycles. The topological polar surface area (TPSA) is 48.0 Å². The van der Waals surface area contributed by atoms with Gasteiger partial charge in [0.15, 0.2) is 11.5 Å². The van der Waals surface area contributed by atoms with E-state index in [1.54, 1.807) is 35.1 Å². The number of halogens is 5. The Morgan fingerprint density at radius 2 is 1.96 bits per heavy atom. The molecule has 1 saturated carbocycles. The molecular formula is C18H12ClF4N5. The Morgan fingerprint density at radius 1 is 1.18 bits per heavy atom. The lowest BCUT2D eigenvalue weighted by atomic mass is 10.0. The molecule has 4 aromatic rings. The third-order valence-electron chi connectivity index (χ3n) is 5.05. The Kier molecular flexibility index (Phi) is 3.67. The highest BCUT2D eigenvalue weighted by Gasteiger charge is 2.43. The van der Waals surface area contributed by atoms with Crippen LogP contribution in [0.4, 0.5) is 17.6 Å². The van der Waals surface area contributed by atoms with E-state index in [2.05, 4.69) is 15.2 Å². The first-order valence-electron chi connectivity index (χ1n) is 8.52. The lowest BCUT2D eigenvalue weighted by Crippen LogP contribution is -2.19. The number of rotatable bonds is 3. The predicted octanol–water partition coefficient (Wildman–Crippen LogP) is 4.70. The van der Waals surface area contributed by atoms with Gasteiger partial charge in [0.05, 0.1) is 6.20 Å². The van der Waals surface area contributed by atoms with Crippen molar-refractivity contribution in [3.8, 4) is 0 Å². The fourth-order valence-corrected chi connectivity index (χ4v) is 3.99. The van der Waals surface area contributed by atoms with Crippen LogP contribution in [0, 0.1) is 5.82 Å². The number of alkyl halides is 3. The molecule has 144 valence electrons. The Bertz CT molecular complexity index is 1210. The van der Waals surface area contributed by atoms with Crippen LogP contribution in [-0.4, -0.2) is 30.6 Å². The first-order chi connectivity index (χ1) is 13.3. The van der Waals surface area contributed by atoms with Gasteiger partial charge in [0.1, 0.15) is 17.2 Å². The van der Waals surface area contributed by atoms with Crippen molar-refractivity contribution in [2.75, 3.05) is 0 Å². The van der Waals surface area contributed by atoms with Crippen molar-refractivity contribution < 1.29 is 17.6 Å². The van der Waals surface area contributed by atoms with Crippen molar-refractivity contribution in [1.82, 2.24) is 24.4 Å². The van der Waals surface area contributed by atoms with Crippen LogP contribution in [0.3, 0.4) is 0 Å². The van der Waals surface area contributed by atoms with Crippen LogP contribution < -0.4 is 0 Å². The molecule has 28 heavy (non-hydrogen) atoms. The number of hydrogen-bond donors (Lipinski definition) is 0. The predicted molar refractivity (Wildman–Crippen MR) is 93.8 cm³/mol. The van der Waals surface area contributed by atoms with Crippen LogP contribution in [0.2, 0.25) is 5.15 Å². The summed E-state index contributed by atoms with van der Waals surface area (Å²) in [6, 6.07) is 4.93. The third-order valence-corrected chi connectivity index (χ3v) is 5.23. The number of aromatic nitrogens is 5. The van der Waals surface area contributed by atoms with Crippen molar-refractivity contribution in [3.05, 3.63) is 58.9 Å². The molecule has 1 aliphatic carbocycles. The van der Waals surface area contributed by atoms with Crippen molar-refractivity contribution >= 4 is 28.2 Å². The third kappa shape index (κ3) is 2.81. The second-order valence-corrected chi connectivity index (χ2v) is 7.28. The van der Waals surface area contributed by atoms with Crippen LogP contribution in [0.5, 0.6) is 0 Å². The second kappa shape index (κ2) is 5.91. The maximum atomic E-state index is 15.2. The van der Waals surface area contributed by atoms with Crippen LogP contribution >= 0.6 is 11.6 Å². The van der Waals surface area contributed by atoms with Crippen molar-refractivity contribution in [2.45, 2.75) is 31.0 Å². The molecule has 0 spiro atoms. The summed E-state index contributed by atoms with van der Waals surface area (Å²) in [6.07, 6.45) is 0.684. The molecule has 0 N–H and O–H groups in total. The van der Waals surface area contributed by atoms with Gasteiger partial charge in [-0.25, -0.2) is 13.9 Å². The SMILES string of the molecule is Fc1c([C@H]2C[C@@H]2c2cc(Cl)nn3ccnc23)ccc2cnn(CC(F)(F)F)c12. The van der Waals surface area contributed by atoms with E-state index in [1.165, 1.54) is 6.20 Å². The lowest BCUT2D eigenvalue weighted by Gasteiger charge is -2.10. The first kappa shape index (κ1) is 17.4. The summed E-state index contributed by atoms with van der Waals surface area (Å²) in [4.78, 5) is 4.28. The molecule has 0 amide bonds. The smallest absolute Gasteiger partial charge is 0.253 e. The normalized spacial score (nSPS) is 19.6. The van der Waals surface area contributed by atoms with E-state index in [9.17, 15) is 13.2 Å². The zero-order chi connectivity index (χ0) is 19.6. The van der Waals surface area contributed by atoms with Crippen LogP contribution in [-0.2, 0) is 6.54 Å². The molecule has 0 aliphatic heterocycles. The highest BCUT2D eigenvalue weighted by atomic mass is 35.5. The van der Waals surface area contributed by atoms with E-state index < -0.39 is 18.5 Å². The van der Waals surface area contributed by atoms with E-state index >= 15 is 4.39 Å². The number of benzene rings is 1. The minimum atomic E-state index is -4.48. The number of fused-ring (bicyclic) bond motifs is 2. The van der Waals surface area contributed by atoms with Gasteiger partial charge in [0.25, 0.3) is 0 Å². The van der Waals surface area contributed by atoms with Crippen molar-refractivity contribution in [2.24, 2.45) is 0 Å². The molecule has 5 rings (SSSR count). The molecule has 1 aromatic carbocycles. The summed E-state index contributed by atoms with van der Waals surface area (Å²) < 4.78 is 55.7. The quantitative estimate of drug-likeness (QED) is 0.461. The zero-order valence-electron chi connectivity index (χ0n) is 14.2. The molecule has 5 nitrogen and oxygen atoms in total. The minimum absolute atomic E-state index is 0.0312. The Balaban J connectivity index is 1.55. The van der Waals surface area contributed by atoms with Gasteiger partial charge in [-0.2, -0.15) is 23.4 Å². The van der Waals surface area contributed by atoms with Crippen LogP contribution in [0.25, 0.3) is 16.6 Å². The molecule has 3 heterocycles. The molecule has 10 heteroatoms. The molecule has 1 aliphatic rings.